The van der Waals surface area contributed by atoms with Crippen molar-refractivity contribution in [1.82, 2.24) is 9.88 Å². The maximum atomic E-state index is 13.1. The van der Waals surface area contributed by atoms with Crippen molar-refractivity contribution in [2.45, 2.75) is 6.04 Å². The molecule has 6 nitrogen and oxygen atoms in total. The van der Waals surface area contributed by atoms with E-state index in [1.165, 1.54) is 11.3 Å². The Morgan fingerprint density at radius 2 is 1.84 bits per heavy atom. The third-order valence-corrected chi connectivity index (χ3v) is 7.22. The van der Waals surface area contributed by atoms with Crippen molar-refractivity contribution in [2.24, 2.45) is 0 Å². The number of carboxylic acids is 1. The molecule has 0 aliphatic carbocycles. The number of carbonyl (C=O) groups is 2. The molecule has 2 aromatic carbocycles. The van der Waals surface area contributed by atoms with Gasteiger partial charge in [-0.15, -0.1) is 11.3 Å². The summed E-state index contributed by atoms with van der Waals surface area (Å²) in [7, 11) is 0. The Morgan fingerprint density at radius 3 is 2.59 bits per heavy atom. The fourth-order valence-electron chi connectivity index (χ4n) is 3.39. The van der Waals surface area contributed by atoms with Crippen LogP contribution in [0.2, 0.25) is 0 Å². The Morgan fingerprint density at radius 1 is 1.09 bits per heavy atom. The van der Waals surface area contributed by atoms with Crippen LogP contribution in [0.25, 0.3) is 27.1 Å². The van der Waals surface area contributed by atoms with Crippen LogP contribution in [0.1, 0.15) is 17.4 Å². The van der Waals surface area contributed by atoms with Crippen LogP contribution in [0, 0.1) is 0 Å². The predicted octanol–water partition coefficient (Wildman–Crippen LogP) is 5.58. The molecule has 0 saturated carbocycles. The summed E-state index contributed by atoms with van der Waals surface area (Å²) in [5, 5.41) is 10.5. The fraction of sp³-hybridized carbons (Fsp3) is 0.0435. The van der Waals surface area contributed by atoms with Crippen molar-refractivity contribution in [1.29, 1.82) is 0 Å². The van der Waals surface area contributed by atoms with E-state index in [9.17, 15) is 14.7 Å². The molecular weight excluding hydrogens is 464 g/mol. The van der Waals surface area contributed by atoms with E-state index in [-0.39, 0.29) is 4.32 Å². The Bertz CT molecular complexity index is 1360. The number of hydrogen-bond acceptors (Lipinski definition) is 7. The van der Waals surface area contributed by atoms with Gasteiger partial charge >= 0.3 is 5.97 Å². The average Bonchev–Trinajstić information content (AvgIpc) is 3.49. The van der Waals surface area contributed by atoms with E-state index in [0.717, 1.165) is 31.9 Å². The second-order valence-electron chi connectivity index (χ2n) is 6.89. The van der Waals surface area contributed by atoms with Gasteiger partial charge in [-0.25, -0.2) is 9.78 Å². The molecule has 1 saturated heterocycles. The Kier molecular flexibility index (Phi) is 5.38. The first kappa shape index (κ1) is 20.6. The second-order valence-corrected chi connectivity index (χ2v) is 9.60. The molecule has 5 rings (SSSR count). The number of aliphatic carboxylic acids is 1. The van der Waals surface area contributed by atoms with E-state index in [2.05, 4.69) is 4.98 Å². The van der Waals surface area contributed by atoms with E-state index >= 15 is 0 Å². The largest absolute Gasteiger partial charge is 0.479 e. The number of furan rings is 1. The molecule has 1 amide bonds. The average molecular weight is 479 g/mol. The van der Waals surface area contributed by atoms with Crippen LogP contribution in [-0.4, -0.2) is 31.2 Å². The molecule has 0 bridgehead atoms. The number of nitrogens with zero attached hydrogens (tertiary/aromatic N) is 2. The van der Waals surface area contributed by atoms with Gasteiger partial charge in [0.1, 0.15) is 10.1 Å². The number of thioether (sulfide) groups is 1. The minimum Gasteiger partial charge on any atom is -0.479 e. The lowest BCUT2D eigenvalue weighted by atomic mass is 10.1. The van der Waals surface area contributed by atoms with Crippen molar-refractivity contribution < 1.29 is 19.1 Å². The molecule has 9 heteroatoms. The van der Waals surface area contributed by atoms with Crippen molar-refractivity contribution in [3.63, 3.8) is 0 Å². The quantitative estimate of drug-likeness (QED) is 0.296. The van der Waals surface area contributed by atoms with E-state index in [1.54, 1.807) is 48.5 Å². The summed E-state index contributed by atoms with van der Waals surface area (Å²) in [6.07, 6.45) is 1.58. The first-order chi connectivity index (χ1) is 15.5. The molecule has 2 aromatic heterocycles. The van der Waals surface area contributed by atoms with Crippen LogP contribution >= 0.6 is 35.3 Å². The van der Waals surface area contributed by atoms with Crippen LogP contribution in [0.4, 0.5) is 0 Å². The molecule has 32 heavy (non-hydrogen) atoms. The van der Waals surface area contributed by atoms with Gasteiger partial charge in [-0.2, -0.15) is 0 Å². The first-order valence-electron chi connectivity index (χ1n) is 9.52. The highest BCUT2D eigenvalue weighted by Gasteiger charge is 2.41. The second kappa shape index (κ2) is 8.34. The van der Waals surface area contributed by atoms with Gasteiger partial charge in [-0.1, -0.05) is 66.4 Å². The number of carboxylic acid groups (broad SMARTS) is 1. The molecule has 4 aromatic rings. The van der Waals surface area contributed by atoms with Crippen LogP contribution < -0.4 is 0 Å². The summed E-state index contributed by atoms with van der Waals surface area (Å²) < 4.78 is 7.15. The number of thiocarbonyl (C=S) groups is 1. The van der Waals surface area contributed by atoms with E-state index in [1.807, 2.05) is 24.3 Å². The van der Waals surface area contributed by atoms with Gasteiger partial charge in [0.25, 0.3) is 5.91 Å². The molecule has 0 spiro atoms. The molecule has 1 atom stereocenters. The SMILES string of the molecule is O=C(O)C(c1ccccc1)N1C(=O)/C(=C/c2ccc(-c3nc4ccccc4s3)o2)SC1=S. The predicted molar refractivity (Wildman–Crippen MR) is 129 cm³/mol. The van der Waals surface area contributed by atoms with Gasteiger partial charge < -0.3 is 9.52 Å². The van der Waals surface area contributed by atoms with Gasteiger partial charge in [0.15, 0.2) is 16.8 Å². The summed E-state index contributed by atoms with van der Waals surface area (Å²) >= 11 is 7.93. The van der Waals surface area contributed by atoms with Crippen LogP contribution in [-0.2, 0) is 9.59 Å². The van der Waals surface area contributed by atoms with E-state index in [4.69, 9.17) is 16.6 Å². The standard InChI is InChI=1S/C23H14N2O4S3/c26-21-18(32-23(30)25(21)19(22(27)28)13-6-2-1-3-7-13)12-14-10-11-16(29-14)20-24-15-8-4-5-9-17(15)31-20/h1-12,19H,(H,27,28)/b18-12-. The summed E-state index contributed by atoms with van der Waals surface area (Å²) in [6, 6.07) is 18.8. The maximum absolute atomic E-state index is 13.1. The molecule has 1 aliphatic heterocycles. The Balaban J connectivity index is 1.43. The molecule has 3 heterocycles. The lowest BCUT2D eigenvalue weighted by molar-refractivity contribution is -0.145. The number of amides is 1. The van der Waals surface area contributed by atoms with Gasteiger partial charge in [-0.05, 0) is 29.8 Å². The summed E-state index contributed by atoms with van der Waals surface area (Å²) in [4.78, 5) is 31.1. The number of hydrogen-bond donors (Lipinski definition) is 1. The minimum absolute atomic E-state index is 0.190. The molecular formula is C23H14N2O4S3. The van der Waals surface area contributed by atoms with Crippen LogP contribution in [0.5, 0.6) is 0 Å². The molecule has 1 N–H and O–H groups in total. The third kappa shape index (κ3) is 3.75. The number of rotatable bonds is 5. The fourth-order valence-corrected chi connectivity index (χ4v) is 5.61. The molecule has 1 aliphatic rings. The number of thiazole rings is 1. The van der Waals surface area contributed by atoms with Gasteiger partial charge in [0.05, 0.1) is 15.1 Å². The zero-order valence-electron chi connectivity index (χ0n) is 16.3. The molecule has 1 unspecified atom stereocenters. The highest BCUT2D eigenvalue weighted by atomic mass is 32.2. The summed E-state index contributed by atoms with van der Waals surface area (Å²) in [5.74, 6) is -0.550. The Hall–Kier alpha value is -3.27. The topological polar surface area (TPSA) is 83.6 Å². The number of benzene rings is 2. The maximum Gasteiger partial charge on any atom is 0.331 e. The monoisotopic (exact) mass is 478 g/mol. The van der Waals surface area contributed by atoms with E-state index in [0.29, 0.717) is 22.0 Å². The number of aromatic nitrogens is 1. The van der Waals surface area contributed by atoms with Crippen molar-refractivity contribution in [2.75, 3.05) is 0 Å². The number of para-hydroxylation sites is 1. The van der Waals surface area contributed by atoms with Gasteiger partial charge in [0.2, 0.25) is 0 Å². The molecule has 158 valence electrons. The van der Waals surface area contributed by atoms with Crippen molar-refractivity contribution in [3.05, 3.63) is 83.0 Å². The summed E-state index contributed by atoms with van der Waals surface area (Å²) in [5.41, 5.74) is 1.38. The number of carbonyl (C=O) groups excluding carboxylic acids is 1. The normalized spacial score (nSPS) is 16.2. The van der Waals surface area contributed by atoms with Crippen LogP contribution in [0.3, 0.4) is 0 Å². The lowest BCUT2D eigenvalue weighted by Crippen LogP contribution is -2.37. The van der Waals surface area contributed by atoms with Gasteiger partial charge in [0, 0.05) is 6.08 Å². The smallest absolute Gasteiger partial charge is 0.331 e. The summed E-state index contributed by atoms with van der Waals surface area (Å²) in [6.45, 7) is 0. The van der Waals surface area contributed by atoms with Crippen LogP contribution in [0.15, 0.2) is 76.1 Å². The van der Waals surface area contributed by atoms with Crippen molar-refractivity contribution in [3.8, 4) is 10.8 Å². The third-order valence-electron chi connectivity index (χ3n) is 4.84. The highest BCUT2D eigenvalue weighted by molar-refractivity contribution is 8.26. The lowest BCUT2D eigenvalue weighted by Gasteiger charge is -2.23. The van der Waals surface area contributed by atoms with Gasteiger partial charge in [-0.3, -0.25) is 9.69 Å². The highest BCUT2D eigenvalue weighted by Crippen LogP contribution is 2.39. The zero-order chi connectivity index (χ0) is 22.2. The van der Waals surface area contributed by atoms with Crippen molar-refractivity contribution >= 4 is 67.8 Å². The number of fused-ring (bicyclic) bond motifs is 1. The molecule has 0 radical (unpaired) electrons. The first-order valence-corrected chi connectivity index (χ1v) is 11.6. The zero-order valence-corrected chi connectivity index (χ0v) is 18.7. The molecule has 1 fully saturated rings. The Labute approximate surface area is 196 Å². The minimum atomic E-state index is -1.19. The van der Waals surface area contributed by atoms with E-state index < -0.39 is 17.9 Å².